The Bertz CT molecular complexity index is 519. The maximum Gasteiger partial charge on any atom is 0.331 e. The van der Waals surface area contributed by atoms with Gasteiger partial charge >= 0.3 is 5.97 Å². The summed E-state index contributed by atoms with van der Waals surface area (Å²) >= 11 is 0. The molecule has 1 aromatic heterocycles. The molecular weight excluding hydrogens is 272 g/mol. The topological polar surface area (TPSA) is 88.5 Å². The molecule has 1 amide bonds. The van der Waals surface area contributed by atoms with E-state index in [0.717, 1.165) is 5.56 Å². The number of amides is 1. The van der Waals surface area contributed by atoms with Crippen LogP contribution in [0.4, 0.5) is 0 Å². The molecule has 6 nitrogen and oxygen atoms in total. The molecule has 1 rings (SSSR count). The summed E-state index contributed by atoms with van der Waals surface area (Å²) in [6.45, 7) is 7.39. The molecule has 1 aromatic rings. The SMILES string of the molecule is COCC(C)(NC(=O)c1ccc(C(C)(C)C)cn1)C(=O)O. The molecule has 1 heterocycles. The quantitative estimate of drug-likeness (QED) is 0.861. The molecule has 0 saturated carbocycles. The normalized spacial score (nSPS) is 14.3. The van der Waals surface area contributed by atoms with Gasteiger partial charge in [0.25, 0.3) is 5.91 Å². The van der Waals surface area contributed by atoms with Crippen molar-refractivity contribution in [3.63, 3.8) is 0 Å². The average Bonchev–Trinajstić information content (AvgIpc) is 2.37. The van der Waals surface area contributed by atoms with Gasteiger partial charge in [-0.05, 0) is 24.0 Å². The summed E-state index contributed by atoms with van der Waals surface area (Å²) < 4.78 is 4.85. The Kier molecular flexibility index (Phi) is 5.06. The highest BCUT2D eigenvalue weighted by molar-refractivity contribution is 5.96. The van der Waals surface area contributed by atoms with E-state index in [9.17, 15) is 14.7 Å². The number of nitrogens with zero attached hydrogens (tertiary/aromatic N) is 1. The number of carbonyl (C=O) groups is 2. The number of carboxylic acids is 1. The number of carbonyl (C=O) groups excluding carboxylic acids is 1. The molecule has 21 heavy (non-hydrogen) atoms. The lowest BCUT2D eigenvalue weighted by Crippen LogP contribution is -2.55. The van der Waals surface area contributed by atoms with Gasteiger partial charge in [-0.3, -0.25) is 9.78 Å². The second-order valence-electron chi connectivity index (χ2n) is 6.21. The summed E-state index contributed by atoms with van der Waals surface area (Å²) in [7, 11) is 1.38. The molecule has 0 aliphatic rings. The van der Waals surface area contributed by atoms with Crippen molar-refractivity contribution in [3.05, 3.63) is 29.6 Å². The number of aromatic nitrogens is 1. The van der Waals surface area contributed by atoms with Gasteiger partial charge in [-0.1, -0.05) is 26.8 Å². The maximum atomic E-state index is 12.1. The number of rotatable bonds is 5. The fourth-order valence-electron chi connectivity index (χ4n) is 1.73. The summed E-state index contributed by atoms with van der Waals surface area (Å²) in [6.07, 6.45) is 1.63. The highest BCUT2D eigenvalue weighted by atomic mass is 16.5. The molecule has 6 heteroatoms. The van der Waals surface area contributed by atoms with E-state index in [0.29, 0.717) is 0 Å². The smallest absolute Gasteiger partial charge is 0.331 e. The van der Waals surface area contributed by atoms with Gasteiger partial charge in [-0.15, -0.1) is 0 Å². The number of carboxylic acid groups (broad SMARTS) is 1. The van der Waals surface area contributed by atoms with E-state index in [1.165, 1.54) is 14.0 Å². The summed E-state index contributed by atoms with van der Waals surface area (Å²) in [6, 6.07) is 3.40. The number of aliphatic carboxylic acids is 1. The van der Waals surface area contributed by atoms with Gasteiger partial charge in [0, 0.05) is 13.3 Å². The van der Waals surface area contributed by atoms with Crippen LogP contribution >= 0.6 is 0 Å². The van der Waals surface area contributed by atoms with Gasteiger partial charge in [0.2, 0.25) is 0 Å². The Hall–Kier alpha value is -1.95. The fraction of sp³-hybridized carbons (Fsp3) is 0.533. The van der Waals surface area contributed by atoms with E-state index < -0.39 is 17.4 Å². The van der Waals surface area contributed by atoms with E-state index in [4.69, 9.17) is 4.74 Å². The first-order valence-corrected chi connectivity index (χ1v) is 6.61. The summed E-state index contributed by atoms with van der Waals surface area (Å²) in [5.74, 6) is -1.71. The molecule has 0 radical (unpaired) electrons. The van der Waals surface area contributed by atoms with Crippen LogP contribution in [-0.2, 0) is 14.9 Å². The van der Waals surface area contributed by atoms with Crippen LogP contribution in [0, 0.1) is 0 Å². The molecule has 116 valence electrons. The van der Waals surface area contributed by atoms with Crippen molar-refractivity contribution in [2.24, 2.45) is 0 Å². The summed E-state index contributed by atoms with van der Waals surface area (Å²) in [5.41, 5.74) is -0.382. The second-order valence-corrected chi connectivity index (χ2v) is 6.21. The zero-order valence-corrected chi connectivity index (χ0v) is 13.1. The van der Waals surface area contributed by atoms with Gasteiger partial charge in [-0.2, -0.15) is 0 Å². The molecule has 0 spiro atoms. The van der Waals surface area contributed by atoms with E-state index in [2.05, 4.69) is 10.3 Å². The van der Waals surface area contributed by atoms with Crippen LogP contribution in [-0.4, -0.2) is 41.2 Å². The third-order valence-corrected chi connectivity index (χ3v) is 3.16. The van der Waals surface area contributed by atoms with Crippen LogP contribution in [0.3, 0.4) is 0 Å². The van der Waals surface area contributed by atoms with Gasteiger partial charge in [0.05, 0.1) is 6.61 Å². The first-order valence-electron chi connectivity index (χ1n) is 6.61. The number of methoxy groups -OCH3 is 1. The predicted molar refractivity (Wildman–Crippen MR) is 78.3 cm³/mol. The van der Waals surface area contributed by atoms with Crippen LogP contribution in [0.1, 0.15) is 43.7 Å². The minimum absolute atomic E-state index is 0.0619. The zero-order chi connectivity index (χ0) is 16.3. The van der Waals surface area contributed by atoms with Gasteiger partial charge in [-0.25, -0.2) is 4.79 Å². The van der Waals surface area contributed by atoms with Crippen LogP contribution in [0.25, 0.3) is 0 Å². The van der Waals surface area contributed by atoms with Crippen molar-refractivity contribution < 1.29 is 19.4 Å². The van der Waals surface area contributed by atoms with E-state index >= 15 is 0 Å². The minimum Gasteiger partial charge on any atom is -0.479 e. The Morgan fingerprint density at radius 2 is 1.90 bits per heavy atom. The van der Waals surface area contributed by atoms with Crippen molar-refractivity contribution in [2.45, 2.75) is 38.6 Å². The Morgan fingerprint density at radius 3 is 2.29 bits per heavy atom. The molecule has 0 bridgehead atoms. The molecule has 0 aliphatic carbocycles. The number of nitrogens with one attached hydrogen (secondary N) is 1. The van der Waals surface area contributed by atoms with Gasteiger partial charge in [0.1, 0.15) is 5.69 Å². The highest BCUT2D eigenvalue weighted by Gasteiger charge is 2.35. The monoisotopic (exact) mass is 294 g/mol. The number of hydrogen-bond acceptors (Lipinski definition) is 4. The van der Waals surface area contributed by atoms with Crippen LogP contribution in [0.15, 0.2) is 18.3 Å². The van der Waals surface area contributed by atoms with Gasteiger partial charge in [0.15, 0.2) is 5.54 Å². The fourth-order valence-corrected chi connectivity index (χ4v) is 1.73. The summed E-state index contributed by atoms with van der Waals surface area (Å²) in [5, 5.41) is 11.6. The van der Waals surface area contributed by atoms with Crippen LogP contribution in [0.5, 0.6) is 0 Å². The minimum atomic E-state index is -1.49. The average molecular weight is 294 g/mol. The summed E-state index contributed by atoms with van der Waals surface area (Å²) in [4.78, 5) is 27.5. The van der Waals surface area contributed by atoms with Crippen molar-refractivity contribution in [2.75, 3.05) is 13.7 Å². The third kappa shape index (κ3) is 4.26. The highest BCUT2D eigenvalue weighted by Crippen LogP contribution is 2.21. The van der Waals surface area contributed by atoms with E-state index in [1.807, 2.05) is 26.8 Å². The lowest BCUT2D eigenvalue weighted by atomic mass is 9.88. The van der Waals surface area contributed by atoms with E-state index in [-0.39, 0.29) is 17.7 Å². The largest absolute Gasteiger partial charge is 0.479 e. The lowest BCUT2D eigenvalue weighted by molar-refractivity contribution is -0.145. The first-order chi connectivity index (χ1) is 9.60. The van der Waals surface area contributed by atoms with E-state index in [1.54, 1.807) is 12.3 Å². The molecule has 2 N–H and O–H groups in total. The standard InChI is InChI=1S/C15H22N2O4/c1-14(2,3)10-6-7-11(16-8-10)12(18)17-15(4,9-21-5)13(19)20/h6-8H,9H2,1-5H3,(H,17,18)(H,19,20). The number of pyridine rings is 1. The van der Waals surface area contributed by atoms with Crippen molar-refractivity contribution in [3.8, 4) is 0 Å². The van der Waals surface area contributed by atoms with Crippen molar-refractivity contribution in [1.82, 2.24) is 10.3 Å². The molecule has 1 unspecified atom stereocenters. The third-order valence-electron chi connectivity index (χ3n) is 3.16. The molecule has 1 atom stereocenters. The first kappa shape index (κ1) is 17.1. The van der Waals surface area contributed by atoms with Crippen LogP contribution in [0.2, 0.25) is 0 Å². The maximum absolute atomic E-state index is 12.1. The number of ether oxygens (including phenoxy) is 1. The Balaban J connectivity index is 2.91. The molecule has 0 saturated heterocycles. The van der Waals surface area contributed by atoms with Crippen molar-refractivity contribution >= 4 is 11.9 Å². The zero-order valence-electron chi connectivity index (χ0n) is 13.1. The van der Waals surface area contributed by atoms with Gasteiger partial charge < -0.3 is 15.2 Å². The second kappa shape index (κ2) is 6.22. The Morgan fingerprint density at radius 1 is 1.29 bits per heavy atom. The molecule has 0 aliphatic heterocycles. The Labute approximate surface area is 124 Å². The molecule has 0 fully saturated rings. The predicted octanol–water partition coefficient (Wildman–Crippen LogP) is 1.60. The lowest BCUT2D eigenvalue weighted by Gasteiger charge is -2.25. The van der Waals surface area contributed by atoms with Crippen molar-refractivity contribution in [1.29, 1.82) is 0 Å². The molecule has 0 aromatic carbocycles. The number of hydrogen-bond donors (Lipinski definition) is 2. The molecular formula is C15H22N2O4. The van der Waals surface area contributed by atoms with Crippen LogP contribution < -0.4 is 5.32 Å².